The lowest BCUT2D eigenvalue weighted by Gasteiger charge is -2.25. The highest BCUT2D eigenvalue weighted by molar-refractivity contribution is 7.99. The lowest BCUT2D eigenvalue weighted by Crippen LogP contribution is -2.41. The molecule has 176 valence electrons. The lowest BCUT2D eigenvalue weighted by atomic mass is 10.1. The third kappa shape index (κ3) is 4.91. The molecule has 0 aliphatic carbocycles. The van der Waals surface area contributed by atoms with Crippen molar-refractivity contribution in [1.82, 2.24) is 4.31 Å². The van der Waals surface area contributed by atoms with E-state index in [0.29, 0.717) is 35.2 Å². The number of hydrogen-bond donors (Lipinski definition) is 1. The van der Waals surface area contributed by atoms with Gasteiger partial charge in [0, 0.05) is 40.4 Å². The van der Waals surface area contributed by atoms with Crippen LogP contribution in [0, 0.1) is 12.8 Å². The van der Waals surface area contributed by atoms with Gasteiger partial charge in [-0.1, -0.05) is 24.6 Å². The van der Waals surface area contributed by atoms with Crippen LogP contribution in [0.25, 0.3) is 0 Å². The summed E-state index contributed by atoms with van der Waals surface area (Å²) in [6, 6.07) is 10.1. The summed E-state index contributed by atoms with van der Waals surface area (Å²) in [5, 5.41) is 3.36. The van der Waals surface area contributed by atoms with Gasteiger partial charge in [-0.25, -0.2) is 8.42 Å². The summed E-state index contributed by atoms with van der Waals surface area (Å²) in [5.41, 5.74) is 1.76. The fourth-order valence-corrected chi connectivity index (χ4v) is 6.74. The molecule has 7 nitrogen and oxygen atoms in total. The Morgan fingerprint density at radius 2 is 1.94 bits per heavy atom. The van der Waals surface area contributed by atoms with E-state index >= 15 is 0 Å². The SMILES string of the molecule is Cc1c(Cl)cccc1NC(=O)CN1C(=O)[C@H](C)CSc2ccc(S(=O)(=O)N3CCCC3)cc21. The Bertz CT molecular complexity index is 1200. The van der Waals surface area contributed by atoms with Crippen LogP contribution in [0.3, 0.4) is 0 Å². The number of benzene rings is 2. The van der Waals surface area contributed by atoms with E-state index in [1.54, 1.807) is 37.3 Å². The van der Waals surface area contributed by atoms with Gasteiger partial charge in [-0.3, -0.25) is 9.59 Å². The number of carbonyl (C=O) groups is 2. The van der Waals surface area contributed by atoms with Crippen molar-refractivity contribution in [3.8, 4) is 0 Å². The Labute approximate surface area is 203 Å². The summed E-state index contributed by atoms with van der Waals surface area (Å²) < 4.78 is 27.7. The van der Waals surface area contributed by atoms with Crippen LogP contribution in [0.4, 0.5) is 11.4 Å². The zero-order chi connectivity index (χ0) is 23.8. The van der Waals surface area contributed by atoms with Crippen molar-refractivity contribution in [3.63, 3.8) is 0 Å². The molecule has 0 unspecified atom stereocenters. The largest absolute Gasteiger partial charge is 0.324 e. The molecule has 0 saturated carbocycles. The minimum absolute atomic E-state index is 0.141. The summed E-state index contributed by atoms with van der Waals surface area (Å²) in [4.78, 5) is 28.4. The van der Waals surface area contributed by atoms with Gasteiger partial charge in [-0.15, -0.1) is 11.8 Å². The third-order valence-corrected chi connectivity index (χ3v) is 9.57. The number of anilines is 2. The Balaban J connectivity index is 1.66. The second-order valence-corrected chi connectivity index (χ2v) is 11.7. The molecule has 10 heteroatoms. The van der Waals surface area contributed by atoms with Crippen LogP contribution < -0.4 is 10.2 Å². The van der Waals surface area contributed by atoms with Crippen molar-refractivity contribution in [1.29, 1.82) is 0 Å². The molecule has 0 spiro atoms. The van der Waals surface area contributed by atoms with Crippen LogP contribution in [0.15, 0.2) is 46.2 Å². The molecule has 2 aromatic carbocycles. The van der Waals surface area contributed by atoms with Gasteiger partial charge in [0.25, 0.3) is 0 Å². The molecule has 2 amide bonds. The maximum absolute atomic E-state index is 13.2. The number of hydrogen-bond acceptors (Lipinski definition) is 5. The predicted molar refractivity (Wildman–Crippen MR) is 131 cm³/mol. The summed E-state index contributed by atoms with van der Waals surface area (Å²) in [5.74, 6) is -0.362. The van der Waals surface area contributed by atoms with E-state index in [2.05, 4.69) is 5.32 Å². The first kappa shape index (κ1) is 24.1. The van der Waals surface area contributed by atoms with Gasteiger partial charge in [-0.05, 0) is 55.7 Å². The first-order valence-electron chi connectivity index (χ1n) is 10.8. The zero-order valence-corrected chi connectivity index (χ0v) is 20.9. The van der Waals surface area contributed by atoms with E-state index in [-0.39, 0.29) is 29.2 Å². The van der Waals surface area contributed by atoms with Gasteiger partial charge < -0.3 is 10.2 Å². The minimum atomic E-state index is -3.66. The number of amides is 2. The highest BCUT2D eigenvalue weighted by Gasteiger charge is 2.33. The van der Waals surface area contributed by atoms with Crippen molar-refractivity contribution in [2.24, 2.45) is 5.92 Å². The van der Waals surface area contributed by atoms with Crippen molar-refractivity contribution in [3.05, 3.63) is 47.0 Å². The van der Waals surface area contributed by atoms with E-state index in [1.807, 2.05) is 6.92 Å². The fraction of sp³-hybridized carbons (Fsp3) is 0.391. The normalized spacial score (nSPS) is 19.3. The monoisotopic (exact) mass is 507 g/mol. The number of sulfonamides is 1. The molecule has 2 aromatic rings. The van der Waals surface area contributed by atoms with Crippen LogP contribution in [-0.2, 0) is 19.6 Å². The maximum Gasteiger partial charge on any atom is 0.244 e. The number of carbonyl (C=O) groups excluding carboxylic acids is 2. The molecule has 1 atom stereocenters. The number of thioether (sulfide) groups is 1. The molecule has 1 fully saturated rings. The quantitative estimate of drug-likeness (QED) is 0.657. The standard InChI is InChI=1S/C23H26ClN3O4S2/c1-15-14-32-21-9-8-17(33(30,31)26-10-3-4-11-26)12-20(21)27(23(15)29)13-22(28)25-19-7-5-6-18(24)16(19)2/h5-9,12,15H,3-4,10-11,13-14H2,1-2H3,(H,25,28)/t15-/m1/s1. The summed E-state index contributed by atoms with van der Waals surface area (Å²) >= 11 is 7.65. The van der Waals surface area contributed by atoms with Crippen LogP contribution in [0.2, 0.25) is 5.02 Å². The van der Waals surface area contributed by atoms with Crippen LogP contribution in [0.5, 0.6) is 0 Å². The Morgan fingerprint density at radius 1 is 1.21 bits per heavy atom. The molecular formula is C23H26ClN3O4S2. The minimum Gasteiger partial charge on any atom is -0.324 e. The molecule has 0 aromatic heterocycles. The number of fused-ring (bicyclic) bond motifs is 1. The highest BCUT2D eigenvalue weighted by Crippen LogP contribution is 2.38. The second-order valence-electron chi connectivity index (χ2n) is 8.34. The first-order chi connectivity index (χ1) is 15.7. The van der Waals surface area contributed by atoms with Gasteiger partial charge in [0.05, 0.1) is 10.6 Å². The molecule has 4 rings (SSSR count). The summed E-state index contributed by atoms with van der Waals surface area (Å²) in [6.07, 6.45) is 1.68. The van der Waals surface area contributed by atoms with Gasteiger partial charge in [-0.2, -0.15) is 4.31 Å². The summed E-state index contributed by atoms with van der Waals surface area (Å²) in [7, 11) is -3.66. The maximum atomic E-state index is 13.2. The van der Waals surface area contributed by atoms with Gasteiger partial charge in [0.15, 0.2) is 0 Å². The summed E-state index contributed by atoms with van der Waals surface area (Å²) in [6.45, 7) is 4.38. The van der Waals surface area contributed by atoms with Crippen LogP contribution >= 0.6 is 23.4 Å². The Kier molecular flexibility index (Phi) is 7.04. The molecule has 2 heterocycles. The second kappa shape index (κ2) is 9.66. The van der Waals surface area contributed by atoms with E-state index < -0.39 is 10.0 Å². The number of rotatable bonds is 5. The lowest BCUT2D eigenvalue weighted by molar-refractivity contribution is -0.123. The van der Waals surface area contributed by atoms with E-state index in [9.17, 15) is 18.0 Å². The average Bonchev–Trinajstić information content (AvgIpc) is 3.31. The molecule has 1 N–H and O–H groups in total. The van der Waals surface area contributed by atoms with E-state index in [4.69, 9.17) is 11.6 Å². The topological polar surface area (TPSA) is 86.8 Å². The molecule has 0 radical (unpaired) electrons. The Morgan fingerprint density at radius 3 is 2.67 bits per heavy atom. The molecule has 2 aliphatic rings. The van der Waals surface area contributed by atoms with Gasteiger partial charge >= 0.3 is 0 Å². The third-order valence-electron chi connectivity index (χ3n) is 5.94. The molecule has 0 bridgehead atoms. The van der Waals surface area contributed by atoms with Crippen LogP contribution in [-0.4, -0.2) is 49.9 Å². The van der Waals surface area contributed by atoms with Crippen LogP contribution in [0.1, 0.15) is 25.3 Å². The van der Waals surface area contributed by atoms with Crippen molar-refractivity contribution < 1.29 is 18.0 Å². The number of halogens is 1. The molecular weight excluding hydrogens is 482 g/mol. The van der Waals surface area contributed by atoms with E-state index in [0.717, 1.165) is 23.3 Å². The fourth-order valence-electron chi connectivity index (χ4n) is 3.98. The van der Waals surface area contributed by atoms with Crippen molar-refractivity contribution >= 4 is 56.6 Å². The average molecular weight is 508 g/mol. The predicted octanol–water partition coefficient (Wildman–Crippen LogP) is 4.15. The van der Waals surface area contributed by atoms with Gasteiger partial charge in [0.1, 0.15) is 6.54 Å². The Hall–Kier alpha value is -2.07. The molecule has 2 aliphatic heterocycles. The number of nitrogens with one attached hydrogen (secondary N) is 1. The zero-order valence-electron chi connectivity index (χ0n) is 18.5. The van der Waals surface area contributed by atoms with Crippen molar-refractivity contribution in [2.75, 3.05) is 35.6 Å². The van der Waals surface area contributed by atoms with E-state index in [1.165, 1.54) is 27.0 Å². The van der Waals surface area contributed by atoms with Crippen molar-refractivity contribution in [2.45, 2.75) is 36.5 Å². The molecule has 33 heavy (non-hydrogen) atoms. The number of nitrogens with zero attached hydrogens (tertiary/aromatic N) is 2. The first-order valence-corrected chi connectivity index (χ1v) is 13.6. The smallest absolute Gasteiger partial charge is 0.244 e. The van der Waals surface area contributed by atoms with Gasteiger partial charge in [0.2, 0.25) is 21.8 Å². The highest BCUT2D eigenvalue weighted by atomic mass is 35.5. The molecule has 1 saturated heterocycles.